The second kappa shape index (κ2) is 9.06. The number of carbonyl (C=O) groups is 2. The Balaban J connectivity index is 0.00000106. The molecule has 1 amide bonds. The Morgan fingerprint density at radius 2 is 2.06 bits per heavy atom. The lowest BCUT2D eigenvalue weighted by atomic mass is 10.2. The van der Waals surface area contributed by atoms with Crippen molar-refractivity contribution in [3.8, 4) is 0 Å². The summed E-state index contributed by atoms with van der Waals surface area (Å²) < 4.78 is 0. The Labute approximate surface area is 96.3 Å². The van der Waals surface area contributed by atoms with Crippen LogP contribution >= 0.6 is 0 Å². The van der Waals surface area contributed by atoms with Crippen molar-refractivity contribution in [2.75, 3.05) is 40.3 Å². The Morgan fingerprint density at radius 1 is 1.44 bits per heavy atom. The molecular weight excluding hydrogens is 208 g/mol. The quantitative estimate of drug-likeness (QED) is 0.510. The summed E-state index contributed by atoms with van der Waals surface area (Å²) in [7, 11) is 2.62. The van der Waals surface area contributed by atoms with Crippen molar-refractivity contribution in [2.24, 2.45) is 0 Å². The van der Waals surface area contributed by atoms with Crippen molar-refractivity contribution in [1.29, 1.82) is 0 Å². The van der Waals surface area contributed by atoms with Gasteiger partial charge in [-0.25, -0.2) is 0 Å². The van der Waals surface area contributed by atoms with E-state index in [1.807, 2.05) is 6.08 Å². The summed E-state index contributed by atoms with van der Waals surface area (Å²) in [6.07, 6.45) is 5.36. The third-order valence-corrected chi connectivity index (χ3v) is 2.30. The van der Waals surface area contributed by atoms with Gasteiger partial charge in [0.15, 0.2) is 0 Å². The van der Waals surface area contributed by atoms with E-state index in [9.17, 15) is 9.59 Å². The summed E-state index contributed by atoms with van der Waals surface area (Å²) in [4.78, 5) is 25.1. The van der Waals surface area contributed by atoms with Crippen LogP contribution in [0.3, 0.4) is 0 Å². The maximum absolute atomic E-state index is 11.3. The van der Waals surface area contributed by atoms with Crippen LogP contribution in [0.15, 0.2) is 12.2 Å². The summed E-state index contributed by atoms with van der Waals surface area (Å²) in [6.45, 7) is 3.25. The summed E-state index contributed by atoms with van der Waals surface area (Å²) in [6, 6.07) is 0. The molecule has 0 radical (unpaired) electrons. The number of hydrogen-bond acceptors (Lipinski definition) is 4. The van der Waals surface area contributed by atoms with E-state index in [0.29, 0.717) is 0 Å². The average Bonchev–Trinajstić information content (AvgIpc) is 2.24. The number of aliphatic hydroxyl groups excluding tert-OH is 1. The van der Waals surface area contributed by atoms with Crippen LogP contribution in [0.5, 0.6) is 0 Å². The zero-order valence-corrected chi connectivity index (χ0v) is 9.93. The van der Waals surface area contributed by atoms with Gasteiger partial charge in [0.25, 0.3) is 0 Å². The lowest BCUT2D eigenvalue weighted by Gasteiger charge is -2.29. The maximum atomic E-state index is 11.3. The Bertz CT molecular complexity index is 237. The molecule has 0 aromatic rings. The van der Waals surface area contributed by atoms with Crippen molar-refractivity contribution in [1.82, 2.24) is 9.80 Å². The topological polar surface area (TPSA) is 60.9 Å². The summed E-state index contributed by atoms with van der Waals surface area (Å²) in [5, 5.41) is 7.00. The Hall–Kier alpha value is -1.20. The van der Waals surface area contributed by atoms with Gasteiger partial charge in [0.1, 0.15) is 6.29 Å². The second-order valence-electron chi connectivity index (χ2n) is 3.44. The minimum atomic E-state index is -0.113. The molecule has 0 atom stereocenters. The molecule has 1 aliphatic rings. The third-order valence-electron chi connectivity index (χ3n) is 2.30. The Morgan fingerprint density at radius 3 is 2.50 bits per heavy atom. The SMILES string of the molecule is CN(CC=O)C(=O)/C=C/CN1CCC1.CO. The first-order valence-electron chi connectivity index (χ1n) is 5.26. The molecule has 0 saturated carbocycles. The zero-order chi connectivity index (χ0) is 12.4. The molecule has 0 unspecified atom stereocenters. The molecule has 0 bridgehead atoms. The van der Waals surface area contributed by atoms with Gasteiger partial charge in [0, 0.05) is 26.8 Å². The van der Waals surface area contributed by atoms with E-state index in [-0.39, 0.29) is 12.5 Å². The first-order valence-corrected chi connectivity index (χ1v) is 5.26. The number of rotatable bonds is 5. The van der Waals surface area contributed by atoms with Crippen LogP contribution in [0.1, 0.15) is 6.42 Å². The van der Waals surface area contributed by atoms with Gasteiger partial charge in [-0.15, -0.1) is 0 Å². The molecule has 1 N–H and O–H groups in total. The minimum Gasteiger partial charge on any atom is -0.400 e. The van der Waals surface area contributed by atoms with Gasteiger partial charge in [0.05, 0.1) is 6.54 Å². The number of hydrogen-bond donors (Lipinski definition) is 1. The highest BCUT2D eigenvalue weighted by Crippen LogP contribution is 2.04. The summed E-state index contributed by atoms with van der Waals surface area (Å²) in [5.74, 6) is -0.113. The molecule has 0 aromatic carbocycles. The second-order valence-corrected chi connectivity index (χ2v) is 3.44. The highest BCUT2D eigenvalue weighted by molar-refractivity contribution is 5.88. The highest BCUT2D eigenvalue weighted by Gasteiger charge is 2.11. The van der Waals surface area contributed by atoms with Gasteiger partial charge in [-0.3, -0.25) is 9.69 Å². The largest absolute Gasteiger partial charge is 0.400 e. The van der Waals surface area contributed by atoms with Crippen LogP contribution < -0.4 is 0 Å². The van der Waals surface area contributed by atoms with E-state index in [4.69, 9.17) is 5.11 Å². The highest BCUT2D eigenvalue weighted by atomic mass is 16.2. The molecular formula is C11H20N2O3. The monoisotopic (exact) mass is 228 g/mol. The van der Waals surface area contributed by atoms with Gasteiger partial charge < -0.3 is 14.8 Å². The van der Waals surface area contributed by atoms with Gasteiger partial charge in [0.2, 0.25) is 5.91 Å². The van der Waals surface area contributed by atoms with Gasteiger partial charge in [-0.1, -0.05) is 6.08 Å². The molecule has 0 spiro atoms. The van der Waals surface area contributed by atoms with Gasteiger partial charge >= 0.3 is 0 Å². The van der Waals surface area contributed by atoms with Crippen molar-refractivity contribution in [3.63, 3.8) is 0 Å². The molecule has 1 rings (SSSR count). The predicted octanol–water partition coefficient (Wildman–Crippen LogP) is -0.486. The lowest BCUT2D eigenvalue weighted by molar-refractivity contribution is -0.127. The molecule has 1 aliphatic heterocycles. The number of aliphatic hydroxyl groups is 1. The fraction of sp³-hybridized carbons (Fsp3) is 0.636. The van der Waals surface area contributed by atoms with E-state index >= 15 is 0 Å². The smallest absolute Gasteiger partial charge is 0.246 e. The predicted molar refractivity (Wildman–Crippen MR) is 62.0 cm³/mol. The fourth-order valence-electron chi connectivity index (χ4n) is 1.20. The molecule has 5 heteroatoms. The van der Waals surface area contributed by atoms with Crippen LogP contribution in [0.4, 0.5) is 0 Å². The molecule has 5 nitrogen and oxygen atoms in total. The summed E-state index contributed by atoms with van der Waals surface area (Å²) >= 11 is 0. The van der Waals surface area contributed by atoms with Crippen molar-refractivity contribution < 1.29 is 14.7 Å². The van der Waals surface area contributed by atoms with E-state index in [0.717, 1.165) is 33.0 Å². The molecule has 0 aliphatic carbocycles. The lowest BCUT2D eigenvalue weighted by Crippen LogP contribution is -2.37. The molecule has 1 fully saturated rings. The average molecular weight is 228 g/mol. The number of likely N-dealkylation sites (N-methyl/N-ethyl adjacent to an activating group) is 1. The van der Waals surface area contributed by atoms with Gasteiger partial charge in [-0.05, 0) is 19.5 Å². The van der Waals surface area contributed by atoms with Crippen molar-refractivity contribution >= 4 is 12.2 Å². The van der Waals surface area contributed by atoms with Gasteiger partial charge in [-0.2, -0.15) is 0 Å². The van der Waals surface area contributed by atoms with Crippen LogP contribution in [0.25, 0.3) is 0 Å². The van der Waals surface area contributed by atoms with Crippen molar-refractivity contribution in [2.45, 2.75) is 6.42 Å². The first kappa shape index (κ1) is 14.8. The van der Waals surface area contributed by atoms with E-state index in [1.54, 1.807) is 7.05 Å². The summed E-state index contributed by atoms with van der Waals surface area (Å²) in [5.41, 5.74) is 0. The normalized spacial score (nSPS) is 14.9. The molecule has 16 heavy (non-hydrogen) atoms. The zero-order valence-electron chi connectivity index (χ0n) is 9.93. The number of likely N-dealkylation sites (tertiary alicyclic amines) is 1. The molecule has 1 heterocycles. The van der Waals surface area contributed by atoms with E-state index in [2.05, 4.69) is 4.90 Å². The minimum absolute atomic E-state index is 0.113. The third kappa shape index (κ3) is 5.63. The maximum Gasteiger partial charge on any atom is 0.246 e. The molecule has 92 valence electrons. The van der Waals surface area contributed by atoms with E-state index < -0.39 is 0 Å². The number of amides is 1. The van der Waals surface area contributed by atoms with Crippen LogP contribution in [-0.4, -0.2) is 67.4 Å². The van der Waals surface area contributed by atoms with Crippen LogP contribution in [0.2, 0.25) is 0 Å². The number of aldehydes is 1. The number of nitrogens with zero attached hydrogens (tertiary/aromatic N) is 2. The Kier molecular flexibility index (Phi) is 8.38. The van der Waals surface area contributed by atoms with E-state index in [1.165, 1.54) is 17.4 Å². The standard InChI is InChI=1S/C10H16N2O2.CH4O/c1-11(8-9-13)10(14)4-2-5-12-6-3-7-12;1-2/h2,4,9H,3,5-8H2,1H3;2H,1H3/b4-2+;. The number of carbonyl (C=O) groups excluding carboxylic acids is 2. The van der Waals surface area contributed by atoms with Crippen LogP contribution in [-0.2, 0) is 9.59 Å². The fourth-order valence-corrected chi connectivity index (χ4v) is 1.20. The first-order chi connectivity index (χ1) is 7.74. The van der Waals surface area contributed by atoms with Crippen LogP contribution in [0, 0.1) is 0 Å². The molecule has 1 saturated heterocycles. The van der Waals surface area contributed by atoms with Crippen molar-refractivity contribution in [3.05, 3.63) is 12.2 Å². The molecule has 0 aromatic heterocycles.